The van der Waals surface area contributed by atoms with Crippen molar-refractivity contribution in [1.29, 1.82) is 0 Å². The summed E-state index contributed by atoms with van der Waals surface area (Å²) in [6.07, 6.45) is 4.40. The molecule has 3 rings (SSSR count). The highest BCUT2D eigenvalue weighted by atomic mass is 79.9. The lowest BCUT2D eigenvalue weighted by atomic mass is 10.2. The minimum absolute atomic E-state index is 0.0276. The van der Waals surface area contributed by atoms with Crippen molar-refractivity contribution in [2.24, 2.45) is 0 Å². The third-order valence-corrected chi connectivity index (χ3v) is 4.38. The monoisotopic (exact) mass is 352 g/mol. The number of carbonyl (C=O) groups excluding carboxylic acids is 2. The second-order valence-corrected chi connectivity index (χ2v) is 6.35. The summed E-state index contributed by atoms with van der Waals surface area (Å²) in [6.45, 7) is 0.0213. The van der Waals surface area contributed by atoms with E-state index in [0.717, 1.165) is 30.2 Å². The Morgan fingerprint density at radius 2 is 2.14 bits per heavy atom. The van der Waals surface area contributed by atoms with Crippen molar-refractivity contribution in [3.8, 4) is 5.75 Å². The number of anilines is 1. The Kier molecular flexibility index (Phi) is 4.14. The van der Waals surface area contributed by atoms with Crippen LogP contribution >= 0.6 is 15.9 Å². The molecule has 5 nitrogen and oxygen atoms in total. The van der Waals surface area contributed by atoms with Gasteiger partial charge in [-0.1, -0.05) is 28.8 Å². The minimum atomic E-state index is -0.189. The topological polar surface area (TPSA) is 58.6 Å². The van der Waals surface area contributed by atoms with Gasteiger partial charge in [-0.3, -0.25) is 14.5 Å². The molecule has 0 atom stereocenters. The first-order chi connectivity index (χ1) is 10.1. The fraction of sp³-hybridized carbons (Fsp3) is 0.467. The fourth-order valence-corrected chi connectivity index (χ4v) is 3.18. The Balaban J connectivity index is 1.72. The Hall–Kier alpha value is -1.56. The lowest BCUT2D eigenvalue weighted by molar-refractivity contribution is -0.125. The van der Waals surface area contributed by atoms with Gasteiger partial charge < -0.3 is 10.1 Å². The van der Waals surface area contributed by atoms with E-state index < -0.39 is 0 Å². The molecule has 0 aromatic heterocycles. The highest BCUT2D eigenvalue weighted by molar-refractivity contribution is 9.10. The molecular weight excluding hydrogens is 336 g/mol. The number of fused-ring (bicyclic) bond motifs is 1. The molecule has 112 valence electrons. The molecule has 1 heterocycles. The van der Waals surface area contributed by atoms with E-state index in [1.165, 1.54) is 4.90 Å². The number of amides is 2. The molecule has 1 saturated carbocycles. The highest BCUT2D eigenvalue weighted by Crippen LogP contribution is 2.34. The summed E-state index contributed by atoms with van der Waals surface area (Å²) >= 11 is 3.37. The van der Waals surface area contributed by atoms with Gasteiger partial charge in [0.15, 0.2) is 6.61 Å². The zero-order chi connectivity index (χ0) is 14.8. The van der Waals surface area contributed by atoms with E-state index in [0.29, 0.717) is 11.4 Å². The SMILES string of the molecule is O=C(CN1C(=O)COc2cc(Br)ccc21)NC1CCCC1. The van der Waals surface area contributed by atoms with Gasteiger partial charge in [0.05, 0.1) is 5.69 Å². The van der Waals surface area contributed by atoms with Crippen LogP contribution in [0, 0.1) is 0 Å². The summed E-state index contributed by atoms with van der Waals surface area (Å²) in [6, 6.07) is 5.70. The molecule has 2 aliphatic rings. The quantitative estimate of drug-likeness (QED) is 0.907. The van der Waals surface area contributed by atoms with Crippen molar-refractivity contribution < 1.29 is 14.3 Å². The molecule has 0 radical (unpaired) electrons. The van der Waals surface area contributed by atoms with Crippen LogP contribution in [0.25, 0.3) is 0 Å². The van der Waals surface area contributed by atoms with Crippen LogP contribution in [0.3, 0.4) is 0 Å². The summed E-state index contributed by atoms with van der Waals surface area (Å²) in [5.41, 5.74) is 0.649. The predicted octanol–water partition coefficient (Wildman–Crippen LogP) is 2.23. The number of hydrogen-bond acceptors (Lipinski definition) is 3. The largest absolute Gasteiger partial charge is 0.482 e. The van der Waals surface area contributed by atoms with E-state index >= 15 is 0 Å². The summed E-state index contributed by atoms with van der Waals surface area (Å²) in [7, 11) is 0. The first kappa shape index (κ1) is 14.4. The third kappa shape index (κ3) is 3.20. The average Bonchev–Trinajstić information content (AvgIpc) is 2.95. The third-order valence-electron chi connectivity index (χ3n) is 3.89. The summed E-state index contributed by atoms with van der Waals surface area (Å²) in [5, 5.41) is 3.01. The smallest absolute Gasteiger partial charge is 0.265 e. The number of halogens is 1. The number of carbonyl (C=O) groups is 2. The maximum absolute atomic E-state index is 12.1. The van der Waals surface area contributed by atoms with Crippen molar-refractivity contribution in [3.05, 3.63) is 22.7 Å². The Morgan fingerprint density at radius 1 is 1.38 bits per heavy atom. The molecule has 1 aliphatic heterocycles. The number of ether oxygens (including phenoxy) is 1. The number of hydrogen-bond donors (Lipinski definition) is 1. The van der Waals surface area contributed by atoms with Gasteiger partial charge in [0.2, 0.25) is 5.91 Å². The maximum Gasteiger partial charge on any atom is 0.265 e. The Bertz CT molecular complexity index is 570. The van der Waals surface area contributed by atoms with Crippen LogP contribution in [-0.4, -0.2) is 31.0 Å². The van der Waals surface area contributed by atoms with Crippen LogP contribution in [0.15, 0.2) is 22.7 Å². The molecule has 0 unspecified atom stereocenters. The number of rotatable bonds is 3. The van der Waals surface area contributed by atoms with Crippen molar-refractivity contribution in [3.63, 3.8) is 0 Å². The molecule has 0 saturated heterocycles. The molecule has 1 aliphatic carbocycles. The zero-order valence-corrected chi connectivity index (χ0v) is 13.2. The van der Waals surface area contributed by atoms with Gasteiger partial charge in [-0.05, 0) is 31.0 Å². The van der Waals surface area contributed by atoms with Crippen LogP contribution in [0.4, 0.5) is 5.69 Å². The molecule has 1 aromatic carbocycles. The number of nitrogens with zero attached hydrogens (tertiary/aromatic N) is 1. The number of nitrogens with one attached hydrogen (secondary N) is 1. The molecule has 6 heteroatoms. The first-order valence-electron chi connectivity index (χ1n) is 7.15. The lowest BCUT2D eigenvalue weighted by Gasteiger charge is -2.29. The summed E-state index contributed by atoms with van der Waals surface area (Å²) < 4.78 is 6.29. The molecule has 1 N–H and O–H groups in total. The van der Waals surface area contributed by atoms with Gasteiger partial charge in [-0.25, -0.2) is 0 Å². The molecule has 0 bridgehead atoms. The summed E-state index contributed by atoms with van der Waals surface area (Å²) in [5.74, 6) is 0.329. The van der Waals surface area contributed by atoms with Crippen LogP contribution in [0.1, 0.15) is 25.7 Å². The molecule has 1 fully saturated rings. The molecule has 1 aromatic rings. The molecule has 2 amide bonds. The van der Waals surface area contributed by atoms with Gasteiger partial charge in [-0.2, -0.15) is 0 Å². The Labute approximate surface area is 131 Å². The van der Waals surface area contributed by atoms with Crippen molar-refractivity contribution in [2.45, 2.75) is 31.7 Å². The van der Waals surface area contributed by atoms with Gasteiger partial charge >= 0.3 is 0 Å². The predicted molar refractivity (Wildman–Crippen MR) is 82.4 cm³/mol. The average molecular weight is 353 g/mol. The second kappa shape index (κ2) is 6.05. The van der Waals surface area contributed by atoms with Gasteiger partial charge in [-0.15, -0.1) is 0 Å². The van der Waals surface area contributed by atoms with Crippen LogP contribution in [0.2, 0.25) is 0 Å². The first-order valence-corrected chi connectivity index (χ1v) is 7.95. The standard InChI is InChI=1S/C15H17BrN2O3/c16-10-5-6-12-13(7-10)21-9-15(20)18(12)8-14(19)17-11-3-1-2-4-11/h5-7,11H,1-4,8-9H2,(H,17,19). The lowest BCUT2D eigenvalue weighted by Crippen LogP contribution is -2.46. The van der Waals surface area contributed by atoms with Crippen LogP contribution < -0.4 is 15.0 Å². The Morgan fingerprint density at radius 3 is 2.90 bits per heavy atom. The van der Waals surface area contributed by atoms with Crippen molar-refractivity contribution in [2.75, 3.05) is 18.1 Å². The van der Waals surface area contributed by atoms with Gasteiger partial charge in [0, 0.05) is 10.5 Å². The van der Waals surface area contributed by atoms with E-state index in [1.807, 2.05) is 12.1 Å². The second-order valence-electron chi connectivity index (χ2n) is 5.43. The highest BCUT2D eigenvalue weighted by Gasteiger charge is 2.28. The van der Waals surface area contributed by atoms with E-state index in [9.17, 15) is 9.59 Å². The number of benzene rings is 1. The fourth-order valence-electron chi connectivity index (χ4n) is 2.84. The van der Waals surface area contributed by atoms with E-state index in [-0.39, 0.29) is 31.0 Å². The molecular formula is C15H17BrN2O3. The van der Waals surface area contributed by atoms with Crippen LogP contribution in [0.5, 0.6) is 5.75 Å². The van der Waals surface area contributed by atoms with Gasteiger partial charge in [0.1, 0.15) is 12.3 Å². The van der Waals surface area contributed by atoms with Crippen molar-refractivity contribution >= 4 is 33.4 Å². The molecule has 0 spiro atoms. The maximum atomic E-state index is 12.1. The van der Waals surface area contributed by atoms with Crippen molar-refractivity contribution in [1.82, 2.24) is 5.32 Å². The summed E-state index contributed by atoms with van der Waals surface area (Å²) in [4.78, 5) is 25.7. The minimum Gasteiger partial charge on any atom is -0.482 e. The zero-order valence-electron chi connectivity index (χ0n) is 11.6. The van der Waals surface area contributed by atoms with Gasteiger partial charge in [0.25, 0.3) is 5.91 Å². The molecule has 21 heavy (non-hydrogen) atoms. The van der Waals surface area contributed by atoms with E-state index in [4.69, 9.17) is 4.74 Å². The van der Waals surface area contributed by atoms with E-state index in [2.05, 4.69) is 21.2 Å². The van der Waals surface area contributed by atoms with E-state index in [1.54, 1.807) is 6.07 Å². The van der Waals surface area contributed by atoms with Crippen LogP contribution in [-0.2, 0) is 9.59 Å². The normalized spacial score (nSPS) is 18.3.